The lowest BCUT2D eigenvalue weighted by Crippen LogP contribution is -2.45. The maximum Gasteiger partial charge on any atom is 0.290 e. The third-order valence-corrected chi connectivity index (χ3v) is 3.96. The molecule has 22 heavy (non-hydrogen) atoms. The van der Waals surface area contributed by atoms with Crippen molar-refractivity contribution in [3.05, 3.63) is 48.2 Å². The van der Waals surface area contributed by atoms with Gasteiger partial charge in [0.25, 0.3) is 11.9 Å². The zero-order valence-corrected chi connectivity index (χ0v) is 12.4. The quantitative estimate of drug-likeness (QED) is 0.947. The summed E-state index contributed by atoms with van der Waals surface area (Å²) in [6.07, 6.45) is 0.314. The van der Waals surface area contributed by atoms with Crippen molar-refractivity contribution in [3.63, 3.8) is 0 Å². The van der Waals surface area contributed by atoms with E-state index in [0.717, 1.165) is 6.42 Å². The fourth-order valence-corrected chi connectivity index (χ4v) is 2.48. The van der Waals surface area contributed by atoms with Crippen molar-refractivity contribution in [1.82, 2.24) is 4.90 Å². The number of carbonyl (C=O) groups excluding carboxylic acids is 1. The molecule has 1 amide bonds. The molecule has 0 bridgehead atoms. The van der Waals surface area contributed by atoms with Crippen LogP contribution >= 0.6 is 0 Å². The van der Waals surface area contributed by atoms with Crippen molar-refractivity contribution in [2.75, 3.05) is 13.1 Å². The Morgan fingerprint density at radius 3 is 2.77 bits per heavy atom. The smallest absolute Gasteiger partial charge is 0.290 e. The van der Waals surface area contributed by atoms with Crippen LogP contribution in [0.15, 0.2) is 46.9 Å². The number of β-amino-alcohol motifs (C(OH)–C–C–N with tert-alkyl or cyclic N) is 1. The summed E-state index contributed by atoms with van der Waals surface area (Å²) >= 11 is 0. The van der Waals surface area contributed by atoms with Crippen LogP contribution in [0.4, 0.5) is 0 Å². The number of rotatable bonds is 3. The van der Waals surface area contributed by atoms with Crippen LogP contribution in [0.5, 0.6) is 11.7 Å². The molecule has 1 aliphatic heterocycles. The van der Waals surface area contributed by atoms with Crippen LogP contribution in [0, 0.1) is 5.92 Å². The molecule has 1 aromatic carbocycles. The van der Waals surface area contributed by atoms with E-state index in [1.165, 1.54) is 0 Å². The van der Waals surface area contributed by atoms with Gasteiger partial charge in [-0.2, -0.15) is 0 Å². The molecular weight excluding hydrogens is 282 g/mol. The summed E-state index contributed by atoms with van der Waals surface area (Å²) in [6, 6.07) is 12.5. The van der Waals surface area contributed by atoms with Crippen LogP contribution in [-0.2, 0) is 0 Å². The third-order valence-electron chi connectivity index (χ3n) is 3.96. The van der Waals surface area contributed by atoms with Gasteiger partial charge in [-0.25, -0.2) is 0 Å². The number of likely N-dealkylation sites (tertiary alicyclic amines) is 1. The minimum Gasteiger partial charge on any atom is -0.426 e. The summed E-state index contributed by atoms with van der Waals surface area (Å²) < 4.78 is 11.0. The maximum absolute atomic E-state index is 12.4. The highest BCUT2D eigenvalue weighted by Gasteiger charge is 2.29. The van der Waals surface area contributed by atoms with E-state index < -0.39 is 6.10 Å². The molecule has 0 aliphatic carbocycles. The molecule has 5 heteroatoms. The van der Waals surface area contributed by atoms with Gasteiger partial charge in [0.2, 0.25) is 0 Å². The minimum atomic E-state index is -0.479. The fourth-order valence-electron chi connectivity index (χ4n) is 2.48. The lowest BCUT2D eigenvalue weighted by atomic mass is 9.96. The Labute approximate surface area is 129 Å². The van der Waals surface area contributed by atoms with Crippen molar-refractivity contribution in [1.29, 1.82) is 0 Å². The third kappa shape index (κ3) is 3.14. The Balaban J connectivity index is 1.67. The summed E-state index contributed by atoms with van der Waals surface area (Å²) in [5.74, 6) is 1.16. The topological polar surface area (TPSA) is 62.9 Å². The minimum absolute atomic E-state index is 0.214. The summed E-state index contributed by atoms with van der Waals surface area (Å²) in [4.78, 5) is 14.0. The van der Waals surface area contributed by atoms with Gasteiger partial charge in [0.1, 0.15) is 5.75 Å². The molecule has 116 valence electrons. The zero-order valence-electron chi connectivity index (χ0n) is 12.4. The Morgan fingerprint density at radius 1 is 1.27 bits per heavy atom. The Bertz CT molecular complexity index is 637. The van der Waals surface area contributed by atoms with Crippen LogP contribution in [0.1, 0.15) is 23.9 Å². The summed E-state index contributed by atoms with van der Waals surface area (Å²) in [7, 11) is 0. The average Bonchev–Trinajstić information content (AvgIpc) is 2.99. The largest absolute Gasteiger partial charge is 0.426 e. The first-order valence-corrected chi connectivity index (χ1v) is 7.43. The molecule has 1 fully saturated rings. The molecule has 0 radical (unpaired) electrons. The van der Waals surface area contributed by atoms with Gasteiger partial charge in [-0.15, -0.1) is 0 Å². The van der Waals surface area contributed by atoms with Crippen molar-refractivity contribution >= 4 is 5.91 Å². The fraction of sp³-hybridized carbons (Fsp3) is 0.353. The molecule has 5 nitrogen and oxygen atoms in total. The number of ether oxygens (including phenoxy) is 1. The van der Waals surface area contributed by atoms with Crippen molar-refractivity contribution in [2.24, 2.45) is 5.92 Å². The van der Waals surface area contributed by atoms with Crippen LogP contribution in [-0.4, -0.2) is 35.1 Å². The average molecular weight is 301 g/mol. The number of piperidine rings is 1. The number of aliphatic hydroxyl groups is 1. The molecule has 2 unspecified atom stereocenters. The Morgan fingerprint density at radius 2 is 2.05 bits per heavy atom. The second kappa shape index (κ2) is 6.23. The molecule has 0 spiro atoms. The highest BCUT2D eigenvalue weighted by molar-refractivity contribution is 5.91. The zero-order chi connectivity index (χ0) is 15.5. The molecule has 3 rings (SSSR count). The van der Waals surface area contributed by atoms with Gasteiger partial charge in [-0.05, 0) is 30.5 Å². The maximum atomic E-state index is 12.4. The SMILES string of the molecule is CC1CCN(C(=O)c2ccc(Oc3ccccc3)o2)CC1O. The van der Waals surface area contributed by atoms with E-state index in [4.69, 9.17) is 9.15 Å². The standard InChI is InChI=1S/C17H19NO4/c1-12-9-10-18(11-14(12)19)17(20)15-7-8-16(22-15)21-13-5-3-2-4-6-13/h2-8,12,14,19H,9-11H2,1H3. The number of para-hydroxylation sites is 1. The number of benzene rings is 1. The molecule has 1 saturated heterocycles. The summed E-state index contributed by atoms with van der Waals surface area (Å²) in [6.45, 7) is 2.97. The van der Waals surface area contributed by atoms with Crippen LogP contribution < -0.4 is 4.74 Å². The molecule has 2 aromatic rings. The number of nitrogens with zero attached hydrogens (tertiary/aromatic N) is 1. The predicted molar refractivity (Wildman–Crippen MR) is 80.9 cm³/mol. The van der Waals surface area contributed by atoms with Crippen LogP contribution in [0.25, 0.3) is 0 Å². The summed E-state index contributed by atoms with van der Waals surface area (Å²) in [5, 5.41) is 9.89. The van der Waals surface area contributed by atoms with Gasteiger partial charge in [-0.3, -0.25) is 4.79 Å². The van der Waals surface area contributed by atoms with Crippen molar-refractivity contribution < 1.29 is 19.1 Å². The second-order valence-corrected chi connectivity index (χ2v) is 5.62. The number of amides is 1. The normalized spacial score (nSPS) is 21.6. The molecular formula is C17H19NO4. The van der Waals surface area contributed by atoms with Gasteiger partial charge in [0.15, 0.2) is 5.76 Å². The lowest BCUT2D eigenvalue weighted by Gasteiger charge is -2.33. The Hall–Kier alpha value is -2.27. The number of aliphatic hydroxyl groups excluding tert-OH is 1. The number of furan rings is 1. The summed E-state index contributed by atoms with van der Waals surface area (Å²) in [5.41, 5.74) is 0. The van der Waals surface area contributed by atoms with E-state index in [2.05, 4.69) is 0 Å². The molecule has 0 saturated carbocycles. The second-order valence-electron chi connectivity index (χ2n) is 5.62. The number of carbonyl (C=O) groups is 1. The lowest BCUT2D eigenvalue weighted by molar-refractivity contribution is 0.0229. The Kier molecular flexibility index (Phi) is 4.15. The van der Waals surface area contributed by atoms with Crippen molar-refractivity contribution in [2.45, 2.75) is 19.4 Å². The highest BCUT2D eigenvalue weighted by Crippen LogP contribution is 2.25. The van der Waals surface area contributed by atoms with E-state index in [0.29, 0.717) is 18.8 Å². The van der Waals surface area contributed by atoms with Gasteiger partial charge < -0.3 is 19.2 Å². The monoisotopic (exact) mass is 301 g/mol. The highest BCUT2D eigenvalue weighted by atomic mass is 16.6. The first-order valence-electron chi connectivity index (χ1n) is 7.43. The van der Waals surface area contributed by atoms with Gasteiger partial charge in [-0.1, -0.05) is 25.1 Å². The number of hydrogen-bond acceptors (Lipinski definition) is 4. The van der Waals surface area contributed by atoms with Gasteiger partial charge in [0.05, 0.1) is 6.10 Å². The van der Waals surface area contributed by atoms with Crippen LogP contribution in [0.2, 0.25) is 0 Å². The van der Waals surface area contributed by atoms with E-state index in [9.17, 15) is 9.90 Å². The molecule has 2 heterocycles. The van der Waals surface area contributed by atoms with Crippen LogP contribution in [0.3, 0.4) is 0 Å². The van der Waals surface area contributed by atoms with E-state index in [1.54, 1.807) is 17.0 Å². The van der Waals surface area contributed by atoms with E-state index in [-0.39, 0.29) is 23.5 Å². The molecule has 1 aromatic heterocycles. The first kappa shape index (κ1) is 14.7. The first-order chi connectivity index (χ1) is 10.6. The predicted octanol–water partition coefficient (Wildman–Crippen LogP) is 2.91. The van der Waals surface area contributed by atoms with Crippen molar-refractivity contribution in [3.8, 4) is 11.7 Å². The molecule has 1 N–H and O–H groups in total. The van der Waals surface area contributed by atoms with E-state index in [1.807, 2.05) is 37.3 Å². The van der Waals surface area contributed by atoms with E-state index >= 15 is 0 Å². The van der Waals surface area contributed by atoms with Gasteiger partial charge in [0, 0.05) is 19.2 Å². The van der Waals surface area contributed by atoms with Gasteiger partial charge >= 0.3 is 0 Å². The molecule has 1 aliphatic rings. The number of hydrogen-bond donors (Lipinski definition) is 1. The molecule has 2 atom stereocenters.